The van der Waals surface area contributed by atoms with Crippen LogP contribution in [0.3, 0.4) is 0 Å². The summed E-state index contributed by atoms with van der Waals surface area (Å²) < 4.78 is 4.82. The summed E-state index contributed by atoms with van der Waals surface area (Å²) in [6.45, 7) is -0.897. The molecular weight excluding hydrogens is 302 g/mol. The lowest BCUT2D eigenvalue weighted by Crippen LogP contribution is -2.45. The predicted octanol–water partition coefficient (Wildman–Crippen LogP) is -2.82. The summed E-state index contributed by atoms with van der Waals surface area (Å²) in [5.74, 6) is -4.68. The SMILES string of the molecule is N[C@H](CCC(=O)N[C@@H](COC[C@@H](N)C(=O)O)C(=O)O)C(=O)O. The lowest BCUT2D eigenvalue weighted by molar-refractivity contribution is -0.145. The molecule has 0 aliphatic heterocycles. The Balaban J connectivity index is 4.23. The van der Waals surface area contributed by atoms with Crippen molar-refractivity contribution in [1.29, 1.82) is 0 Å². The van der Waals surface area contributed by atoms with Crippen LogP contribution in [0.15, 0.2) is 0 Å². The van der Waals surface area contributed by atoms with Gasteiger partial charge in [-0.1, -0.05) is 0 Å². The summed E-state index contributed by atoms with van der Waals surface area (Å²) in [5.41, 5.74) is 10.4. The smallest absolute Gasteiger partial charge is 0.328 e. The van der Waals surface area contributed by atoms with Gasteiger partial charge in [0, 0.05) is 6.42 Å². The Morgan fingerprint density at radius 2 is 1.45 bits per heavy atom. The summed E-state index contributed by atoms with van der Waals surface area (Å²) in [4.78, 5) is 43.3. The van der Waals surface area contributed by atoms with Gasteiger partial charge in [-0.25, -0.2) is 4.79 Å². The van der Waals surface area contributed by atoms with Crippen LogP contribution in [-0.2, 0) is 23.9 Å². The first-order chi connectivity index (χ1) is 10.1. The number of aliphatic carboxylic acids is 3. The number of nitrogens with two attached hydrogens (primary N) is 2. The summed E-state index contributed by atoms with van der Waals surface area (Å²) in [7, 11) is 0. The Labute approximate surface area is 125 Å². The molecule has 0 unspecified atom stereocenters. The molecule has 22 heavy (non-hydrogen) atoms. The number of nitrogens with one attached hydrogen (secondary N) is 1. The molecule has 0 spiro atoms. The van der Waals surface area contributed by atoms with Gasteiger partial charge in [-0.05, 0) is 6.42 Å². The van der Waals surface area contributed by atoms with Crippen LogP contribution in [-0.4, -0.2) is 70.5 Å². The quantitative estimate of drug-likeness (QED) is 0.230. The molecule has 0 aliphatic rings. The molecule has 0 saturated carbocycles. The zero-order valence-corrected chi connectivity index (χ0v) is 11.6. The Morgan fingerprint density at radius 1 is 0.909 bits per heavy atom. The van der Waals surface area contributed by atoms with Crippen molar-refractivity contribution in [2.24, 2.45) is 11.5 Å². The van der Waals surface area contributed by atoms with Crippen molar-refractivity contribution in [1.82, 2.24) is 5.32 Å². The standard InChI is InChI=1S/C11H19N3O8/c12-5(9(16)17)1-2-8(15)14-7(11(20)21)4-22-3-6(13)10(18)19/h5-7H,1-4,12-13H2,(H,14,15)(H,16,17)(H,18,19)(H,20,21)/t5-,6-,7+/m1/s1. The Morgan fingerprint density at radius 3 is 1.91 bits per heavy atom. The van der Waals surface area contributed by atoms with Gasteiger partial charge in [0.2, 0.25) is 5.91 Å². The van der Waals surface area contributed by atoms with E-state index in [1.54, 1.807) is 0 Å². The summed E-state index contributed by atoms with van der Waals surface area (Å²) in [5, 5.41) is 28.1. The van der Waals surface area contributed by atoms with Crippen molar-refractivity contribution in [2.75, 3.05) is 13.2 Å². The van der Waals surface area contributed by atoms with Crippen LogP contribution < -0.4 is 16.8 Å². The number of amides is 1. The van der Waals surface area contributed by atoms with Crippen LogP contribution in [0.25, 0.3) is 0 Å². The van der Waals surface area contributed by atoms with Crippen LogP contribution in [0.2, 0.25) is 0 Å². The van der Waals surface area contributed by atoms with E-state index in [1.807, 2.05) is 0 Å². The average molecular weight is 321 g/mol. The summed E-state index contributed by atoms with van der Waals surface area (Å²) in [6, 6.07) is -3.94. The molecule has 0 radical (unpaired) electrons. The second-order valence-corrected chi connectivity index (χ2v) is 4.42. The van der Waals surface area contributed by atoms with Crippen LogP contribution in [0.4, 0.5) is 0 Å². The molecule has 0 rings (SSSR count). The third-order valence-electron chi connectivity index (χ3n) is 2.53. The van der Waals surface area contributed by atoms with E-state index in [1.165, 1.54) is 0 Å². The molecule has 0 fully saturated rings. The number of hydrogen-bond acceptors (Lipinski definition) is 7. The van der Waals surface area contributed by atoms with Gasteiger partial charge < -0.3 is 36.8 Å². The highest BCUT2D eigenvalue weighted by Crippen LogP contribution is 1.97. The summed E-state index contributed by atoms with van der Waals surface area (Å²) in [6.07, 6.45) is -0.426. The second kappa shape index (κ2) is 9.65. The Kier molecular flexibility index (Phi) is 8.67. The first-order valence-electron chi connectivity index (χ1n) is 6.21. The molecule has 0 aromatic heterocycles. The molecule has 11 nitrogen and oxygen atoms in total. The predicted molar refractivity (Wildman–Crippen MR) is 70.8 cm³/mol. The minimum absolute atomic E-state index is 0.155. The Bertz CT molecular complexity index is 428. The van der Waals surface area contributed by atoms with Gasteiger partial charge in [0.25, 0.3) is 0 Å². The zero-order valence-electron chi connectivity index (χ0n) is 11.6. The minimum atomic E-state index is -1.41. The number of rotatable bonds is 11. The first kappa shape index (κ1) is 19.8. The fourth-order valence-corrected chi connectivity index (χ4v) is 1.24. The monoisotopic (exact) mass is 321 g/mol. The van der Waals surface area contributed by atoms with E-state index in [9.17, 15) is 19.2 Å². The zero-order chi connectivity index (χ0) is 17.3. The molecule has 0 bridgehead atoms. The van der Waals surface area contributed by atoms with E-state index in [0.29, 0.717) is 0 Å². The fraction of sp³-hybridized carbons (Fsp3) is 0.636. The second-order valence-electron chi connectivity index (χ2n) is 4.42. The lowest BCUT2D eigenvalue weighted by Gasteiger charge is -2.16. The van der Waals surface area contributed by atoms with Crippen molar-refractivity contribution < 1.29 is 39.2 Å². The minimum Gasteiger partial charge on any atom is -0.480 e. The number of carbonyl (C=O) groups is 4. The van der Waals surface area contributed by atoms with Crippen LogP contribution in [0.1, 0.15) is 12.8 Å². The normalized spacial score (nSPS) is 14.6. The van der Waals surface area contributed by atoms with E-state index in [0.717, 1.165) is 0 Å². The molecule has 0 saturated heterocycles. The highest BCUT2D eigenvalue weighted by atomic mass is 16.5. The third kappa shape index (κ3) is 8.14. The first-order valence-corrected chi connectivity index (χ1v) is 6.21. The largest absolute Gasteiger partial charge is 0.480 e. The third-order valence-corrected chi connectivity index (χ3v) is 2.53. The van der Waals surface area contributed by atoms with Crippen molar-refractivity contribution in [3.63, 3.8) is 0 Å². The molecule has 1 amide bonds. The van der Waals surface area contributed by atoms with E-state index in [4.69, 9.17) is 31.5 Å². The average Bonchev–Trinajstić information content (AvgIpc) is 2.42. The number of hydrogen-bond donors (Lipinski definition) is 6. The lowest BCUT2D eigenvalue weighted by atomic mass is 10.1. The molecule has 0 aromatic rings. The van der Waals surface area contributed by atoms with Gasteiger partial charge in [-0.15, -0.1) is 0 Å². The van der Waals surface area contributed by atoms with E-state index < -0.39 is 55.2 Å². The molecular formula is C11H19N3O8. The van der Waals surface area contributed by atoms with Gasteiger partial charge in [-0.2, -0.15) is 0 Å². The van der Waals surface area contributed by atoms with Crippen molar-refractivity contribution in [3.8, 4) is 0 Å². The van der Waals surface area contributed by atoms with Crippen LogP contribution in [0.5, 0.6) is 0 Å². The maximum Gasteiger partial charge on any atom is 0.328 e. The Hall–Kier alpha value is -2.24. The van der Waals surface area contributed by atoms with E-state index >= 15 is 0 Å². The number of carboxylic acids is 3. The van der Waals surface area contributed by atoms with Crippen molar-refractivity contribution in [3.05, 3.63) is 0 Å². The van der Waals surface area contributed by atoms with E-state index in [-0.39, 0.29) is 12.8 Å². The maximum absolute atomic E-state index is 11.5. The summed E-state index contributed by atoms with van der Waals surface area (Å²) >= 11 is 0. The highest BCUT2D eigenvalue weighted by molar-refractivity contribution is 5.84. The fourth-order valence-electron chi connectivity index (χ4n) is 1.24. The van der Waals surface area contributed by atoms with Gasteiger partial charge in [0.1, 0.15) is 12.1 Å². The van der Waals surface area contributed by atoms with Crippen LogP contribution in [0, 0.1) is 0 Å². The molecule has 0 aliphatic carbocycles. The molecule has 3 atom stereocenters. The number of carboxylic acid groups (broad SMARTS) is 3. The van der Waals surface area contributed by atoms with Crippen LogP contribution >= 0.6 is 0 Å². The topological polar surface area (TPSA) is 202 Å². The number of ether oxygens (including phenoxy) is 1. The van der Waals surface area contributed by atoms with Crippen molar-refractivity contribution in [2.45, 2.75) is 31.0 Å². The van der Waals surface area contributed by atoms with Gasteiger partial charge in [0.05, 0.1) is 13.2 Å². The van der Waals surface area contributed by atoms with E-state index in [2.05, 4.69) is 5.32 Å². The molecule has 11 heteroatoms. The number of carbonyl (C=O) groups excluding carboxylic acids is 1. The molecule has 126 valence electrons. The molecule has 8 N–H and O–H groups in total. The molecule has 0 aromatic carbocycles. The molecule has 0 heterocycles. The van der Waals surface area contributed by atoms with Gasteiger partial charge in [-0.3, -0.25) is 14.4 Å². The van der Waals surface area contributed by atoms with Gasteiger partial charge >= 0.3 is 17.9 Å². The maximum atomic E-state index is 11.5. The highest BCUT2D eigenvalue weighted by Gasteiger charge is 2.22. The van der Waals surface area contributed by atoms with Crippen molar-refractivity contribution >= 4 is 23.8 Å². The van der Waals surface area contributed by atoms with Gasteiger partial charge in [0.15, 0.2) is 6.04 Å².